The zero-order valence-electron chi connectivity index (χ0n) is 26.2. The molecule has 41 heavy (non-hydrogen) atoms. The molecule has 0 bridgehead atoms. The molecular weight excluding hydrogens is 520 g/mol. The first kappa shape index (κ1) is 30.6. The van der Waals surface area contributed by atoms with Crippen molar-refractivity contribution < 1.29 is 34.4 Å². The van der Waals surface area contributed by atoms with Crippen LogP contribution in [0.4, 0.5) is 0 Å². The van der Waals surface area contributed by atoms with Crippen molar-refractivity contribution >= 4 is 17.9 Å². The number of hydrogen-bond acceptors (Lipinski definition) is 5. The van der Waals surface area contributed by atoms with Crippen molar-refractivity contribution in [2.75, 3.05) is 0 Å². The van der Waals surface area contributed by atoms with Crippen LogP contribution in [-0.2, 0) is 19.1 Å². The number of carboxylic acids is 2. The van der Waals surface area contributed by atoms with Crippen LogP contribution < -0.4 is 0 Å². The molecule has 4 saturated carbocycles. The molecule has 0 radical (unpaired) electrons. The summed E-state index contributed by atoms with van der Waals surface area (Å²) in [4.78, 5) is 36.5. The second kappa shape index (κ2) is 9.56. The number of rotatable bonds is 5. The van der Waals surface area contributed by atoms with Gasteiger partial charge in [0, 0.05) is 5.41 Å². The Morgan fingerprint density at radius 2 is 1.56 bits per heavy atom. The standard InChI is InChI=1S/C34H52O7/c1-29(2)14-16-34(28(39)40)17-15-32(6)20(21(34)19-29)8-9-24-31(5)12-11-25(41-26(36)18-22(35)27(37)38)30(3,4)23(31)10-13-33(24,32)7/h8,21-25,35H,9-19H2,1-7H3,(H,37,38)(H,39,40)/t21-,22-,23?,24?,25-,31-,32+,33+,34-/m0/s1. The molecule has 0 aliphatic heterocycles. The van der Waals surface area contributed by atoms with E-state index in [9.17, 15) is 24.6 Å². The van der Waals surface area contributed by atoms with Crippen molar-refractivity contribution in [3.8, 4) is 0 Å². The van der Waals surface area contributed by atoms with E-state index in [1.807, 2.05) is 0 Å². The van der Waals surface area contributed by atoms with E-state index in [1.54, 1.807) is 0 Å². The van der Waals surface area contributed by atoms with Gasteiger partial charge in [-0.3, -0.25) is 9.59 Å². The SMILES string of the molecule is CC1(C)CC[C@]2(C(=O)O)CC[C@]3(C)C(=CCC4[C@@]5(C)CC[C@H](OC(=O)C[C@H](O)C(=O)O)C(C)(C)C5CC[C@]43C)[C@@H]2C1. The fourth-order valence-electron chi connectivity index (χ4n) is 11.3. The van der Waals surface area contributed by atoms with Crippen molar-refractivity contribution in [3.05, 3.63) is 11.6 Å². The van der Waals surface area contributed by atoms with Gasteiger partial charge in [-0.2, -0.15) is 0 Å². The third-order valence-corrected chi connectivity index (χ3v) is 13.9. The summed E-state index contributed by atoms with van der Waals surface area (Å²) in [5, 5.41) is 29.2. The molecule has 0 saturated heterocycles. The highest BCUT2D eigenvalue weighted by Crippen LogP contribution is 2.75. The topological polar surface area (TPSA) is 121 Å². The molecule has 7 heteroatoms. The number of carboxylic acid groups (broad SMARTS) is 2. The third-order valence-electron chi connectivity index (χ3n) is 13.9. The number of carbonyl (C=O) groups is 3. The second-order valence-corrected chi connectivity index (χ2v) is 16.6. The van der Waals surface area contributed by atoms with Crippen LogP contribution in [0.15, 0.2) is 11.6 Å². The number of aliphatic hydroxyl groups excluding tert-OH is 1. The van der Waals surface area contributed by atoms with Gasteiger partial charge in [-0.05, 0) is 104 Å². The van der Waals surface area contributed by atoms with Crippen LogP contribution >= 0.6 is 0 Å². The van der Waals surface area contributed by atoms with Gasteiger partial charge in [0.2, 0.25) is 0 Å². The lowest BCUT2D eigenvalue weighted by Crippen LogP contribution is -2.65. The fraction of sp³-hybridized carbons (Fsp3) is 0.853. The van der Waals surface area contributed by atoms with Crippen LogP contribution in [0.5, 0.6) is 0 Å². The van der Waals surface area contributed by atoms with Crippen molar-refractivity contribution in [1.82, 2.24) is 0 Å². The van der Waals surface area contributed by atoms with E-state index >= 15 is 0 Å². The number of allylic oxidation sites excluding steroid dienone is 2. The minimum atomic E-state index is -1.75. The highest BCUT2D eigenvalue weighted by Gasteiger charge is 2.69. The van der Waals surface area contributed by atoms with Crippen LogP contribution in [0.2, 0.25) is 0 Å². The molecule has 0 aromatic heterocycles. The highest BCUT2D eigenvalue weighted by molar-refractivity contribution is 5.80. The maximum Gasteiger partial charge on any atom is 0.333 e. The quantitative estimate of drug-likeness (QED) is 0.250. The normalized spacial score (nSPS) is 45.0. The smallest absolute Gasteiger partial charge is 0.333 e. The Kier molecular flexibility index (Phi) is 7.12. The number of esters is 1. The van der Waals surface area contributed by atoms with E-state index in [0.29, 0.717) is 18.3 Å². The van der Waals surface area contributed by atoms with Gasteiger partial charge in [0.1, 0.15) is 6.10 Å². The van der Waals surface area contributed by atoms with Gasteiger partial charge < -0.3 is 20.1 Å². The Morgan fingerprint density at radius 3 is 2.20 bits per heavy atom. The molecule has 5 rings (SSSR count). The number of ether oxygens (including phenoxy) is 1. The van der Waals surface area contributed by atoms with Gasteiger partial charge in [-0.15, -0.1) is 0 Å². The minimum Gasteiger partial charge on any atom is -0.481 e. The highest BCUT2D eigenvalue weighted by atomic mass is 16.5. The Morgan fingerprint density at radius 1 is 0.902 bits per heavy atom. The summed E-state index contributed by atoms with van der Waals surface area (Å²) in [6, 6.07) is 0. The second-order valence-electron chi connectivity index (χ2n) is 16.6. The Balaban J connectivity index is 1.45. The number of fused-ring (bicyclic) bond motifs is 7. The molecule has 7 nitrogen and oxygen atoms in total. The average Bonchev–Trinajstić information content (AvgIpc) is 2.85. The van der Waals surface area contributed by atoms with Crippen molar-refractivity contribution in [2.24, 2.45) is 50.2 Å². The van der Waals surface area contributed by atoms with Crippen molar-refractivity contribution in [2.45, 2.75) is 131 Å². The molecule has 230 valence electrons. The lowest BCUT2D eigenvalue weighted by Gasteiger charge is -2.71. The molecule has 0 spiro atoms. The monoisotopic (exact) mass is 572 g/mol. The number of carbonyl (C=O) groups excluding carboxylic acids is 1. The van der Waals surface area contributed by atoms with Crippen LogP contribution in [0.3, 0.4) is 0 Å². The summed E-state index contributed by atoms with van der Waals surface area (Å²) >= 11 is 0. The summed E-state index contributed by atoms with van der Waals surface area (Å²) in [7, 11) is 0. The summed E-state index contributed by atoms with van der Waals surface area (Å²) in [6.07, 6.45) is 8.92. The molecule has 0 heterocycles. The van der Waals surface area contributed by atoms with E-state index in [0.717, 1.165) is 57.8 Å². The van der Waals surface area contributed by atoms with Crippen LogP contribution in [-0.4, -0.2) is 45.4 Å². The molecule has 0 aromatic carbocycles. The predicted molar refractivity (Wildman–Crippen MR) is 155 cm³/mol. The van der Waals surface area contributed by atoms with Crippen molar-refractivity contribution in [3.63, 3.8) is 0 Å². The maximum atomic E-state index is 12.9. The lowest BCUT2D eigenvalue weighted by atomic mass is 9.33. The molecule has 5 aliphatic rings. The Bertz CT molecular complexity index is 1150. The largest absolute Gasteiger partial charge is 0.481 e. The van der Waals surface area contributed by atoms with Gasteiger partial charge in [-0.1, -0.05) is 60.1 Å². The van der Waals surface area contributed by atoms with Crippen LogP contribution in [0.25, 0.3) is 0 Å². The lowest BCUT2D eigenvalue weighted by molar-refractivity contribution is -0.214. The van der Waals surface area contributed by atoms with E-state index in [-0.39, 0.29) is 39.1 Å². The van der Waals surface area contributed by atoms with Gasteiger partial charge in [0.05, 0.1) is 11.8 Å². The summed E-state index contributed by atoms with van der Waals surface area (Å²) < 4.78 is 5.87. The summed E-state index contributed by atoms with van der Waals surface area (Å²) in [6.45, 7) is 16.4. The summed E-state index contributed by atoms with van der Waals surface area (Å²) in [5.41, 5.74) is 0.702. The molecule has 3 N–H and O–H groups in total. The minimum absolute atomic E-state index is 0.0399. The van der Waals surface area contributed by atoms with E-state index < -0.39 is 35.8 Å². The Hall–Kier alpha value is -1.89. The first-order valence-corrected chi connectivity index (χ1v) is 15.9. The van der Waals surface area contributed by atoms with Gasteiger partial charge >= 0.3 is 17.9 Å². The molecule has 9 atom stereocenters. The molecule has 2 unspecified atom stereocenters. The first-order chi connectivity index (χ1) is 18.8. The number of hydrogen-bond donors (Lipinski definition) is 3. The molecule has 4 fully saturated rings. The predicted octanol–water partition coefficient (Wildman–Crippen LogP) is 6.62. The molecular formula is C34H52O7. The average molecular weight is 573 g/mol. The van der Waals surface area contributed by atoms with Crippen LogP contribution in [0.1, 0.15) is 119 Å². The zero-order chi connectivity index (χ0) is 30.4. The van der Waals surface area contributed by atoms with E-state index in [2.05, 4.69) is 54.5 Å². The van der Waals surface area contributed by atoms with Gasteiger partial charge in [0.15, 0.2) is 6.10 Å². The Labute approximate surface area is 245 Å². The van der Waals surface area contributed by atoms with Crippen LogP contribution in [0, 0.1) is 50.2 Å². The first-order valence-electron chi connectivity index (χ1n) is 15.9. The summed E-state index contributed by atoms with van der Waals surface area (Å²) in [5.74, 6) is -1.80. The fourth-order valence-corrected chi connectivity index (χ4v) is 11.3. The van der Waals surface area contributed by atoms with Gasteiger partial charge in [-0.25, -0.2) is 4.79 Å². The van der Waals surface area contributed by atoms with E-state index in [4.69, 9.17) is 9.84 Å². The van der Waals surface area contributed by atoms with Crippen molar-refractivity contribution in [1.29, 1.82) is 0 Å². The number of aliphatic carboxylic acids is 2. The molecule has 0 aromatic rings. The third kappa shape index (κ3) is 4.33. The zero-order valence-corrected chi connectivity index (χ0v) is 26.2. The number of aliphatic hydroxyl groups is 1. The molecule has 5 aliphatic carbocycles. The molecule has 0 amide bonds. The van der Waals surface area contributed by atoms with Gasteiger partial charge in [0.25, 0.3) is 0 Å². The van der Waals surface area contributed by atoms with E-state index in [1.165, 1.54) is 5.57 Å². The maximum absolute atomic E-state index is 12.9.